The molecule has 6 nitrogen and oxygen atoms in total. The normalized spacial score (nSPS) is 15.3. The number of nitrogens with zero attached hydrogens (tertiary/aromatic N) is 3. The lowest BCUT2D eigenvalue weighted by Gasteiger charge is -2.29. The van der Waals surface area contributed by atoms with Crippen molar-refractivity contribution in [2.45, 2.75) is 11.7 Å². The number of para-hydroxylation sites is 1. The summed E-state index contributed by atoms with van der Waals surface area (Å²) in [6, 6.07) is 6.77. The van der Waals surface area contributed by atoms with E-state index in [0.717, 1.165) is 5.56 Å². The van der Waals surface area contributed by atoms with Gasteiger partial charge in [-0.25, -0.2) is 14.8 Å². The number of carbonyl (C=O) groups is 1. The molecule has 1 unspecified atom stereocenters. The summed E-state index contributed by atoms with van der Waals surface area (Å²) in [7, 11) is -1.29. The third-order valence-electron chi connectivity index (χ3n) is 3.04. The molecule has 2 aromatic rings. The van der Waals surface area contributed by atoms with Crippen LogP contribution in [0.4, 0.5) is 16.3 Å². The van der Waals surface area contributed by atoms with Crippen molar-refractivity contribution < 1.29 is 9.00 Å². The zero-order chi connectivity index (χ0) is 15.0. The predicted molar refractivity (Wildman–Crippen MR) is 81.0 cm³/mol. The molecule has 0 saturated heterocycles. The van der Waals surface area contributed by atoms with Crippen molar-refractivity contribution in [1.29, 1.82) is 0 Å². The molecule has 3 rings (SSSR count). The molecule has 1 aliphatic heterocycles. The number of amides is 2. The lowest BCUT2D eigenvalue weighted by atomic mass is 10.2. The fourth-order valence-corrected chi connectivity index (χ4v) is 2.69. The number of hydrogen-bond donors (Lipinski definition) is 1. The number of urea groups is 1. The average molecular weight is 323 g/mol. The Labute approximate surface area is 128 Å². The van der Waals surface area contributed by atoms with Gasteiger partial charge in [-0.15, -0.1) is 0 Å². The number of rotatable bonds is 2. The van der Waals surface area contributed by atoms with E-state index < -0.39 is 10.8 Å². The highest BCUT2D eigenvalue weighted by molar-refractivity contribution is 7.84. The minimum Gasteiger partial charge on any atom is -0.291 e. The van der Waals surface area contributed by atoms with Crippen molar-refractivity contribution in [3.8, 4) is 0 Å². The first-order valence-electron chi connectivity index (χ1n) is 6.08. The summed E-state index contributed by atoms with van der Waals surface area (Å²) >= 11 is 6.12. The summed E-state index contributed by atoms with van der Waals surface area (Å²) in [5.41, 5.74) is 1.36. The maximum absolute atomic E-state index is 12.2. The molecule has 1 aromatic carbocycles. The monoisotopic (exact) mass is 322 g/mol. The maximum atomic E-state index is 12.2. The van der Waals surface area contributed by atoms with Crippen molar-refractivity contribution in [2.24, 2.45) is 0 Å². The van der Waals surface area contributed by atoms with E-state index in [1.807, 2.05) is 6.07 Å². The maximum Gasteiger partial charge on any atom is 0.327 e. The fraction of sp³-hybridized carbons (Fsp3) is 0.154. The molecule has 1 N–H and O–H groups in total. The summed E-state index contributed by atoms with van der Waals surface area (Å²) in [5.74, 6) is 0.392. The summed E-state index contributed by atoms with van der Waals surface area (Å²) in [6.45, 7) is 0.307. The number of anilines is 2. The van der Waals surface area contributed by atoms with Crippen LogP contribution in [0.1, 0.15) is 5.56 Å². The minimum absolute atomic E-state index is 0.195. The number of carbonyl (C=O) groups excluding carboxylic acids is 1. The molecule has 8 heteroatoms. The highest BCUT2D eigenvalue weighted by Crippen LogP contribution is 2.30. The van der Waals surface area contributed by atoms with E-state index >= 15 is 0 Å². The highest BCUT2D eigenvalue weighted by Gasteiger charge is 2.27. The first-order chi connectivity index (χ1) is 10.1. The molecular weight excluding hydrogens is 312 g/mol. The fourth-order valence-electron chi connectivity index (χ4n) is 2.03. The molecule has 1 aliphatic rings. The van der Waals surface area contributed by atoms with E-state index in [1.54, 1.807) is 24.4 Å². The lowest BCUT2D eigenvalue weighted by Crippen LogP contribution is -2.39. The average Bonchev–Trinajstić information content (AvgIpc) is 2.46. The molecule has 2 amide bonds. The molecular formula is C13H11ClN4O2S. The topological polar surface area (TPSA) is 75.2 Å². The molecule has 0 radical (unpaired) electrons. The SMILES string of the molecule is CS(=O)c1ncc2c(n1)NC(=O)N(c1ccccc1Cl)C2. The molecule has 0 bridgehead atoms. The molecule has 2 heterocycles. The summed E-state index contributed by atoms with van der Waals surface area (Å²) in [4.78, 5) is 21.9. The molecule has 108 valence electrons. The van der Waals surface area contributed by atoms with Gasteiger partial charge in [0, 0.05) is 18.0 Å². The van der Waals surface area contributed by atoms with E-state index in [-0.39, 0.29) is 11.2 Å². The van der Waals surface area contributed by atoms with Crippen molar-refractivity contribution in [2.75, 3.05) is 16.5 Å². The Kier molecular flexibility index (Phi) is 3.60. The van der Waals surface area contributed by atoms with Gasteiger partial charge in [-0.05, 0) is 12.1 Å². The number of fused-ring (bicyclic) bond motifs is 1. The van der Waals surface area contributed by atoms with Crippen LogP contribution in [0.2, 0.25) is 5.02 Å². The zero-order valence-corrected chi connectivity index (χ0v) is 12.6. The van der Waals surface area contributed by atoms with Crippen LogP contribution < -0.4 is 10.2 Å². The largest absolute Gasteiger partial charge is 0.327 e. The van der Waals surface area contributed by atoms with E-state index in [0.29, 0.717) is 23.1 Å². The Morgan fingerprint density at radius 2 is 2.14 bits per heavy atom. The van der Waals surface area contributed by atoms with Gasteiger partial charge < -0.3 is 0 Å². The van der Waals surface area contributed by atoms with Gasteiger partial charge in [0.25, 0.3) is 0 Å². The Hall–Kier alpha value is -1.99. The Balaban J connectivity index is 1.98. The first kappa shape index (κ1) is 14.0. The van der Waals surface area contributed by atoms with Gasteiger partial charge in [0.05, 0.1) is 28.1 Å². The van der Waals surface area contributed by atoms with Gasteiger partial charge in [-0.2, -0.15) is 0 Å². The van der Waals surface area contributed by atoms with Gasteiger partial charge >= 0.3 is 6.03 Å². The van der Waals surface area contributed by atoms with Crippen LogP contribution in [0.5, 0.6) is 0 Å². The van der Waals surface area contributed by atoms with Gasteiger partial charge in [0.1, 0.15) is 5.82 Å². The third kappa shape index (κ3) is 2.62. The molecule has 0 spiro atoms. The molecule has 0 saturated carbocycles. The van der Waals surface area contributed by atoms with Crippen LogP contribution in [0.15, 0.2) is 35.6 Å². The third-order valence-corrected chi connectivity index (χ3v) is 4.07. The van der Waals surface area contributed by atoms with Crippen LogP contribution in [-0.2, 0) is 17.3 Å². The van der Waals surface area contributed by atoms with E-state index in [4.69, 9.17) is 11.6 Å². The smallest absolute Gasteiger partial charge is 0.291 e. The molecule has 1 aromatic heterocycles. The van der Waals surface area contributed by atoms with Gasteiger partial charge in [0.15, 0.2) is 0 Å². The van der Waals surface area contributed by atoms with Gasteiger partial charge in [-0.1, -0.05) is 23.7 Å². The summed E-state index contributed by atoms with van der Waals surface area (Å²) in [5, 5.41) is 3.36. The minimum atomic E-state index is -1.29. The lowest BCUT2D eigenvalue weighted by molar-refractivity contribution is 0.256. The number of benzene rings is 1. The van der Waals surface area contributed by atoms with Crippen molar-refractivity contribution in [1.82, 2.24) is 9.97 Å². The summed E-state index contributed by atoms with van der Waals surface area (Å²) in [6.07, 6.45) is 3.06. The van der Waals surface area contributed by atoms with Crippen LogP contribution in [-0.4, -0.2) is 26.5 Å². The van der Waals surface area contributed by atoms with Crippen molar-refractivity contribution in [3.05, 3.63) is 41.0 Å². The van der Waals surface area contributed by atoms with Gasteiger partial charge in [-0.3, -0.25) is 14.4 Å². The molecule has 21 heavy (non-hydrogen) atoms. The standard InChI is InChI=1S/C13H11ClN4O2S/c1-21(20)12-15-6-8-7-18(13(19)17-11(8)16-12)10-5-3-2-4-9(10)14/h2-6H,7H2,1H3,(H,15,16,17,19). The van der Waals surface area contributed by atoms with Crippen molar-refractivity contribution >= 4 is 39.9 Å². The Bertz CT molecular complexity index is 753. The number of halogens is 1. The second kappa shape index (κ2) is 5.42. The van der Waals surface area contributed by atoms with Gasteiger partial charge in [0.2, 0.25) is 5.16 Å². The second-order valence-electron chi connectivity index (χ2n) is 4.45. The number of nitrogens with one attached hydrogen (secondary N) is 1. The molecule has 0 fully saturated rings. The van der Waals surface area contributed by atoms with Crippen LogP contribution >= 0.6 is 11.6 Å². The molecule has 1 atom stereocenters. The van der Waals surface area contributed by atoms with Crippen LogP contribution in [0, 0.1) is 0 Å². The quantitative estimate of drug-likeness (QED) is 0.862. The molecule has 0 aliphatic carbocycles. The van der Waals surface area contributed by atoms with Crippen LogP contribution in [0.25, 0.3) is 0 Å². The van der Waals surface area contributed by atoms with E-state index in [9.17, 15) is 9.00 Å². The van der Waals surface area contributed by atoms with E-state index in [1.165, 1.54) is 11.2 Å². The summed E-state index contributed by atoms with van der Waals surface area (Å²) < 4.78 is 11.4. The number of aromatic nitrogens is 2. The first-order valence-corrected chi connectivity index (χ1v) is 8.02. The Morgan fingerprint density at radius 1 is 1.38 bits per heavy atom. The Morgan fingerprint density at radius 3 is 2.86 bits per heavy atom. The zero-order valence-electron chi connectivity index (χ0n) is 11.0. The van der Waals surface area contributed by atoms with E-state index in [2.05, 4.69) is 15.3 Å². The number of hydrogen-bond acceptors (Lipinski definition) is 4. The van der Waals surface area contributed by atoms with Crippen LogP contribution in [0.3, 0.4) is 0 Å². The predicted octanol–water partition coefficient (Wildman–Crippen LogP) is 2.42. The second-order valence-corrected chi connectivity index (χ2v) is 6.13. The van der Waals surface area contributed by atoms with Crippen molar-refractivity contribution in [3.63, 3.8) is 0 Å². The highest BCUT2D eigenvalue weighted by atomic mass is 35.5.